The van der Waals surface area contributed by atoms with Crippen molar-refractivity contribution in [3.8, 4) is 0 Å². The normalized spacial score (nSPS) is 16.2. The Morgan fingerprint density at radius 1 is 0.821 bits per heavy atom. The summed E-state index contributed by atoms with van der Waals surface area (Å²) in [6, 6.07) is 25.9. The van der Waals surface area contributed by atoms with Crippen LogP contribution >= 0.6 is 0 Å². The lowest BCUT2D eigenvalue weighted by atomic mass is 9.84. The van der Waals surface area contributed by atoms with Crippen LogP contribution in [-0.4, -0.2) is 30.8 Å². The number of halogens is 4. The maximum Gasteiger partial charge on any atom is 0.431 e. The van der Waals surface area contributed by atoms with Gasteiger partial charge in [-0.1, -0.05) is 67.8 Å². The summed E-state index contributed by atoms with van der Waals surface area (Å²) in [6.07, 6.45) is 4.58. The zero-order valence-electron chi connectivity index (χ0n) is 21.2. The van der Waals surface area contributed by atoms with Gasteiger partial charge in [-0.15, -0.1) is 0 Å². The van der Waals surface area contributed by atoms with Crippen LogP contribution in [0.2, 0.25) is 0 Å². The van der Waals surface area contributed by atoms with E-state index in [2.05, 4.69) is 24.3 Å². The van der Waals surface area contributed by atoms with Gasteiger partial charge in [0.2, 0.25) is 0 Å². The van der Waals surface area contributed by atoms with E-state index >= 15 is 0 Å². The van der Waals surface area contributed by atoms with Crippen molar-refractivity contribution in [3.05, 3.63) is 90.0 Å². The van der Waals surface area contributed by atoms with Crippen LogP contribution in [0.25, 0.3) is 0 Å². The lowest BCUT2D eigenvalue weighted by Gasteiger charge is -2.23. The Morgan fingerprint density at radius 3 is 2.05 bits per heavy atom. The van der Waals surface area contributed by atoms with Gasteiger partial charge >= 0.3 is 21.3 Å². The second kappa shape index (κ2) is 12.4. The van der Waals surface area contributed by atoms with Gasteiger partial charge in [-0.2, -0.15) is 26.0 Å². The number of alkyl halides is 4. The van der Waals surface area contributed by atoms with Gasteiger partial charge in [-0.25, -0.2) is 0 Å². The van der Waals surface area contributed by atoms with E-state index in [1.807, 2.05) is 42.5 Å². The Kier molecular flexibility index (Phi) is 9.41. The maximum atomic E-state index is 13.9. The van der Waals surface area contributed by atoms with E-state index in [4.69, 9.17) is 9.29 Å². The van der Waals surface area contributed by atoms with Crippen LogP contribution in [0.15, 0.2) is 93.5 Å². The number of ether oxygens (including phenoxy) is 1. The highest BCUT2D eigenvalue weighted by Crippen LogP contribution is 2.41. The SMILES string of the molecule is O=S(=O)(O)C(F)(F)C(F)(F)CCOCc1ccccc1[S+](c1ccccc1)c1ccc(C2CCCCC2)cc1. The Morgan fingerprint density at radius 2 is 1.41 bits per heavy atom. The van der Waals surface area contributed by atoms with Gasteiger partial charge in [-0.05, 0) is 54.7 Å². The molecule has 4 rings (SSSR count). The minimum absolute atomic E-state index is 0.139. The molecule has 0 spiro atoms. The molecule has 0 heterocycles. The van der Waals surface area contributed by atoms with Crippen molar-refractivity contribution >= 4 is 21.0 Å². The summed E-state index contributed by atoms with van der Waals surface area (Å²) in [5, 5.41) is -5.61. The fraction of sp³-hybridized carbons (Fsp3) is 0.379. The predicted octanol–water partition coefficient (Wildman–Crippen LogP) is 7.85. The predicted molar refractivity (Wildman–Crippen MR) is 143 cm³/mol. The first-order chi connectivity index (χ1) is 18.5. The highest BCUT2D eigenvalue weighted by atomic mass is 32.2. The van der Waals surface area contributed by atoms with Gasteiger partial charge in [-0.3, -0.25) is 4.55 Å². The fourth-order valence-electron chi connectivity index (χ4n) is 4.80. The van der Waals surface area contributed by atoms with Crippen LogP contribution in [0.4, 0.5) is 17.6 Å². The van der Waals surface area contributed by atoms with Crippen LogP contribution < -0.4 is 0 Å². The molecule has 1 aliphatic rings. The van der Waals surface area contributed by atoms with Crippen molar-refractivity contribution in [1.29, 1.82) is 0 Å². The summed E-state index contributed by atoms with van der Waals surface area (Å²) in [7, 11) is -6.83. The van der Waals surface area contributed by atoms with E-state index < -0.39 is 45.2 Å². The highest BCUT2D eigenvalue weighted by molar-refractivity contribution is 7.97. The summed E-state index contributed by atoms with van der Waals surface area (Å²) < 4.78 is 90.1. The smallest absolute Gasteiger partial charge is 0.376 e. The minimum atomic E-state index is -6.28. The van der Waals surface area contributed by atoms with Crippen LogP contribution in [0.1, 0.15) is 55.6 Å². The third-order valence-electron chi connectivity index (χ3n) is 6.93. The summed E-state index contributed by atoms with van der Waals surface area (Å²) in [5.41, 5.74) is 2.03. The van der Waals surface area contributed by atoms with E-state index in [1.54, 1.807) is 12.1 Å². The van der Waals surface area contributed by atoms with Crippen molar-refractivity contribution in [2.75, 3.05) is 6.61 Å². The van der Waals surface area contributed by atoms with Crippen molar-refractivity contribution in [1.82, 2.24) is 0 Å². The van der Waals surface area contributed by atoms with Crippen LogP contribution in [-0.2, 0) is 32.4 Å². The summed E-state index contributed by atoms with van der Waals surface area (Å²) >= 11 is 0. The van der Waals surface area contributed by atoms with Crippen LogP contribution in [0, 0.1) is 0 Å². The lowest BCUT2D eigenvalue weighted by Crippen LogP contribution is -2.47. The first-order valence-corrected chi connectivity index (χ1v) is 15.5. The summed E-state index contributed by atoms with van der Waals surface area (Å²) in [6.45, 7) is -0.970. The minimum Gasteiger partial charge on any atom is -0.376 e. The first-order valence-electron chi connectivity index (χ1n) is 12.8. The molecule has 39 heavy (non-hydrogen) atoms. The molecule has 210 valence electrons. The standard InChI is InChI=1S/C29H30F4O4S2/c30-28(31,29(32,33)39(34,35)36)19-20-37-21-24-11-7-8-14-27(24)38(25-12-5-2-6-13-25)26-17-15-23(16-18-26)22-9-3-1-4-10-22/h2,5-8,11-18,22H,1,3-4,9-10,19-21H2/p+1. The zero-order chi connectivity index (χ0) is 28.1. The highest BCUT2D eigenvalue weighted by Gasteiger charge is 2.65. The molecule has 1 atom stereocenters. The van der Waals surface area contributed by atoms with Gasteiger partial charge in [0.25, 0.3) is 0 Å². The molecule has 1 fully saturated rings. The van der Waals surface area contributed by atoms with E-state index in [-0.39, 0.29) is 6.61 Å². The zero-order valence-corrected chi connectivity index (χ0v) is 22.9. The monoisotopic (exact) mass is 583 g/mol. The fourth-order valence-corrected chi connectivity index (χ4v) is 7.50. The molecule has 1 N–H and O–H groups in total. The van der Waals surface area contributed by atoms with E-state index in [9.17, 15) is 26.0 Å². The van der Waals surface area contributed by atoms with Gasteiger partial charge < -0.3 is 4.74 Å². The molecule has 0 saturated heterocycles. The third-order valence-corrected chi connectivity index (χ3v) is 10.2. The van der Waals surface area contributed by atoms with Crippen molar-refractivity contribution in [2.45, 2.75) is 76.9 Å². The maximum absolute atomic E-state index is 13.9. The Bertz CT molecular complexity index is 1330. The summed E-state index contributed by atoms with van der Waals surface area (Å²) in [4.78, 5) is 3.03. The quantitative estimate of drug-likeness (QED) is 0.108. The molecule has 0 bridgehead atoms. The van der Waals surface area contributed by atoms with E-state index in [0.29, 0.717) is 11.5 Å². The average Bonchev–Trinajstić information content (AvgIpc) is 2.93. The van der Waals surface area contributed by atoms with Gasteiger partial charge in [0.05, 0.1) is 24.1 Å². The Balaban J connectivity index is 1.55. The molecule has 0 aliphatic heterocycles. The lowest BCUT2D eigenvalue weighted by molar-refractivity contribution is -0.171. The largest absolute Gasteiger partial charge is 0.431 e. The second-order valence-corrected chi connectivity index (χ2v) is 13.1. The molecule has 1 unspecified atom stereocenters. The molecule has 0 radical (unpaired) electrons. The second-order valence-electron chi connectivity index (χ2n) is 9.63. The molecule has 1 aliphatic carbocycles. The molecule has 0 amide bonds. The van der Waals surface area contributed by atoms with Gasteiger partial charge in [0.15, 0.2) is 14.7 Å². The number of hydrogen-bond acceptors (Lipinski definition) is 3. The van der Waals surface area contributed by atoms with Gasteiger partial charge in [0.1, 0.15) is 0 Å². The number of hydrogen-bond donors (Lipinski definition) is 1. The molecule has 1 saturated carbocycles. The molecular formula is C29H31F4O4S2+. The number of benzene rings is 3. The first kappa shape index (κ1) is 29.6. The molecule has 10 heteroatoms. The molecule has 0 aromatic heterocycles. The van der Waals surface area contributed by atoms with Gasteiger partial charge in [0, 0.05) is 12.0 Å². The molecule has 3 aromatic rings. The van der Waals surface area contributed by atoms with Crippen LogP contribution in [0.3, 0.4) is 0 Å². The summed E-state index contributed by atoms with van der Waals surface area (Å²) in [5.74, 6) is -4.42. The van der Waals surface area contributed by atoms with E-state index in [1.165, 1.54) is 37.7 Å². The topological polar surface area (TPSA) is 63.6 Å². The molecule has 3 aromatic carbocycles. The van der Waals surface area contributed by atoms with E-state index in [0.717, 1.165) is 14.7 Å². The average molecular weight is 584 g/mol. The van der Waals surface area contributed by atoms with Crippen LogP contribution in [0.5, 0.6) is 0 Å². The van der Waals surface area contributed by atoms with Crippen molar-refractivity contribution < 1.29 is 35.3 Å². The molecular weight excluding hydrogens is 552 g/mol. The third kappa shape index (κ3) is 6.85. The van der Waals surface area contributed by atoms with Crippen molar-refractivity contribution in [2.24, 2.45) is 0 Å². The molecule has 4 nitrogen and oxygen atoms in total. The Labute approximate surface area is 229 Å². The van der Waals surface area contributed by atoms with Crippen molar-refractivity contribution in [3.63, 3.8) is 0 Å². The number of rotatable bonds is 11. The Hall–Kier alpha value is -2.40.